The Morgan fingerprint density at radius 1 is 0.962 bits per heavy atom. The molecule has 0 fully saturated rings. The molecule has 2 N–H and O–H groups in total. The molecule has 3 aromatic rings. The standard InChI is InChI=1S/C20H18BrN3O2/c21-16-6-8-17(9-7-16)23-19(25)10-11-22-20(26)15-4-3-5-18(14-15)24-12-1-2-13-24/h1-9,12-14H,10-11H2,(H,22,26)(H,23,25). The van der Waals surface area contributed by atoms with Crippen LogP contribution in [0.1, 0.15) is 16.8 Å². The lowest BCUT2D eigenvalue weighted by molar-refractivity contribution is -0.116. The van der Waals surface area contributed by atoms with Crippen LogP contribution in [-0.4, -0.2) is 22.9 Å². The number of hydrogen-bond acceptors (Lipinski definition) is 2. The molecule has 0 bridgehead atoms. The van der Waals surface area contributed by atoms with Crippen molar-refractivity contribution in [2.75, 3.05) is 11.9 Å². The summed E-state index contributed by atoms with van der Waals surface area (Å²) in [5.41, 5.74) is 2.20. The molecule has 0 saturated heterocycles. The molecule has 0 aliphatic carbocycles. The molecule has 5 nitrogen and oxygen atoms in total. The summed E-state index contributed by atoms with van der Waals surface area (Å²) in [7, 11) is 0. The van der Waals surface area contributed by atoms with E-state index in [4.69, 9.17) is 0 Å². The van der Waals surface area contributed by atoms with Gasteiger partial charge in [-0.3, -0.25) is 9.59 Å². The number of anilines is 1. The zero-order valence-corrected chi connectivity index (χ0v) is 15.6. The molecule has 26 heavy (non-hydrogen) atoms. The molecule has 0 atom stereocenters. The number of halogens is 1. The fourth-order valence-electron chi connectivity index (χ4n) is 2.46. The van der Waals surface area contributed by atoms with Crippen molar-refractivity contribution in [3.8, 4) is 5.69 Å². The highest BCUT2D eigenvalue weighted by Crippen LogP contribution is 2.14. The topological polar surface area (TPSA) is 63.1 Å². The van der Waals surface area contributed by atoms with Crippen molar-refractivity contribution in [1.82, 2.24) is 9.88 Å². The van der Waals surface area contributed by atoms with Crippen LogP contribution in [-0.2, 0) is 4.79 Å². The molecule has 0 aliphatic heterocycles. The third-order valence-corrected chi connectivity index (χ3v) is 4.31. The number of benzene rings is 2. The number of amides is 2. The average Bonchev–Trinajstić information content (AvgIpc) is 3.18. The first-order valence-electron chi connectivity index (χ1n) is 8.19. The van der Waals surface area contributed by atoms with Crippen molar-refractivity contribution in [2.45, 2.75) is 6.42 Å². The number of hydrogen-bond donors (Lipinski definition) is 2. The minimum Gasteiger partial charge on any atom is -0.352 e. The van der Waals surface area contributed by atoms with Gasteiger partial charge in [-0.15, -0.1) is 0 Å². The highest BCUT2D eigenvalue weighted by molar-refractivity contribution is 9.10. The maximum Gasteiger partial charge on any atom is 0.251 e. The van der Waals surface area contributed by atoms with Gasteiger partial charge in [0.15, 0.2) is 0 Å². The van der Waals surface area contributed by atoms with Crippen LogP contribution in [0.3, 0.4) is 0 Å². The number of rotatable bonds is 6. The Balaban J connectivity index is 1.50. The Morgan fingerprint density at radius 2 is 1.69 bits per heavy atom. The highest BCUT2D eigenvalue weighted by atomic mass is 79.9. The Kier molecular flexibility index (Phi) is 5.86. The number of nitrogens with zero attached hydrogens (tertiary/aromatic N) is 1. The average molecular weight is 412 g/mol. The second-order valence-electron chi connectivity index (χ2n) is 5.70. The van der Waals surface area contributed by atoms with Gasteiger partial charge < -0.3 is 15.2 Å². The van der Waals surface area contributed by atoms with Crippen LogP contribution < -0.4 is 10.6 Å². The van der Waals surface area contributed by atoms with Crippen LogP contribution in [0.4, 0.5) is 5.69 Å². The molecule has 0 spiro atoms. The first-order valence-corrected chi connectivity index (χ1v) is 8.98. The second-order valence-corrected chi connectivity index (χ2v) is 6.62. The van der Waals surface area contributed by atoms with Gasteiger partial charge in [0.2, 0.25) is 5.91 Å². The summed E-state index contributed by atoms with van der Waals surface area (Å²) in [6.07, 6.45) is 4.05. The van der Waals surface area contributed by atoms with Gasteiger partial charge in [-0.05, 0) is 54.6 Å². The summed E-state index contributed by atoms with van der Waals surface area (Å²) >= 11 is 3.35. The highest BCUT2D eigenvalue weighted by Gasteiger charge is 2.08. The lowest BCUT2D eigenvalue weighted by atomic mass is 10.2. The van der Waals surface area contributed by atoms with Crippen molar-refractivity contribution < 1.29 is 9.59 Å². The van der Waals surface area contributed by atoms with Crippen LogP contribution in [0.15, 0.2) is 77.5 Å². The molecule has 0 unspecified atom stereocenters. The van der Waals surface area contributed by atoms with Gasteiger partial charge in [-0.25, -0.2) is 0 Å². The zero-order chi connectivity index (χ0) is 18.4. The van der Waals surface area contributed by atoms with Crippen molar-refractivity contribution in [1.29, 1.82) is 0 Å². The van der Waals surface area contributed by atoms with Crippen molar-refractivity contribution in [3.63, 3.8) is 0 Å². The third kappa shape index (κ3) is 4.83. The molecule has 2 amide bonds. The monoisotopic (exact) mass is 411 g/mol. The predicted molar refractivity (Wildman–Crippen MR) is 105 cm³/mol. The largest absolute Gasteiger partial charge is 0.352 e. The van der Waals surface area contributed by atoms with Crippen LogP contribution >= 0.6 is 15.9 Å². The molecule has 0 aliphatic rings. The number of carbonyl (C=O) groups is 2. The summed E-state index contributed by atoms with van der Waals surface area (Å²) < 4.78 is 2.88. The van der Waals surface area contributed by atoms with Crippen molar-refractivity contribution in [3.05, 3.63) is 83.1 Å². The molecule has 0 radical (unpaired) electrons. The smallest absolute Gasteiger partial charge is 0.251 e. The van der Waals surface area contributed by atoms with E-state index in [0.29, 0.717) is 5.56 Å². The Bertz CT molecular complexity index is 890. The molecule has 1 heterocycles. The van der Waals surface area contributed by atoms with E-state index in [0.717, 1.165) is 15.8 Å². The summed E-state index contributed by atoms with van der Waals surface area (Å²) in [6, 6.07) is 18.5. The van der Waals surface area contributed by atoms with E-state index in [1.54, 1.807) is 6.07 Å². The summed E-state index contributed by atoms with van der Waals surface area (Å²) in [5, 5.41) is 5.58. The van der Waals surface area contributed by atoms with Crippen LogP contribution in [0.25, 0.3) is 5.69 Å². The van der Waals surface area contributed by atoms with Crippen molar-refractivity contribution in [2.24, 2.45) is 0 Å². The van der Waals surface area contributed by atoms with Crippen LogP contribution in [0.5, 0.6) is 0 Å². The van der Waals surface area contributed by atoms with Gasteiger partial charge in [-0.1, -0.05) is 22.0 Å². The van der Waals surface area contributed by atoms with E-state index in [9.17, 15) is 9.59 Å². The van der Waals surface area contributed by atoms with Gasteiger partial charge >= 0.3 is 0 Å². The molecule has 1 aromatic heterocycles. The summed E-state index contributed by atoms with van der Waals surface area (Å²) in [6.45, 7) is 0.273. The van der Waals surface area contributed by atoms with Gasteiger partial charge in [0.1, 0.15) is 0 Å². The Hall–Kier alpha value is -2.86. The molecule has 0 saturated carbocycles. The summed E-state index contributed by atoms with van der Waals surface area (Å²) in [4.78, 5) is 24.2. The zero-order valence-electron chi connectivity index (χ0n) is 14.0. The van der Waals surface area contributed by atoms with E-state index in [1.807, 2.05) is 71.6 Å². The molecule has 2 aromatic carbocycles. The van der Waals surface area contributed by atoms with E-state index in [-0.39, 0.29) is 24.8 Å². The van der Waals surface area contributed by atoms with Gasteiger partial charge in [0.05, 0.1) is 0 Å². The minimum absolute atomic E-state index is 0.145. The predicted octanol–water partition coefficient (Wildman–Crippen LogP) is 4.00. The maximum absolute atomic E-state index is 12.3. The van der Waals surface area contributed by atoms with Crippen LogP contribution in [0, 0.1) is 0 Å². The normalized spacial score (nSPS) is 10.3. The second kappa shape index (κ2) is 8.49. The van der Waals surface area contributed by atoms with Crippen LogP contribution in [0.2, 0.25) is 0 Å². The first-order chi connectivity index (χ1) is 12.6. The lowest BCUT2D eigenvalue weighted by Gasteiger charge is -2.08. The van der Waals surface area contributed by atoms with E-state index in [1.165, 1.54) is 0 Å². The van der Waals surface area contributed by atoms with E-state index >= 15 is 0 Å². The third-order valence-electron chi connectivity index (χ3n) is 3.78. The fourth-order valence-corrected chi connectivity index (χ4v) is 2.73. The maximum atomic E-state index is 12.3. The molecule has 6 heteroatoms. The van der Waals surface area contributed by atoms with Gasteiger partial charge in [0.25, 0.3) is 5.91 Å². The molecule has 3 rings (SSSR count). The number of nitrogens with one attached hydrogen (secondary N) is 2. The molecular weight excluding hydrogens is 394 g/mol. The Labute approximate surface area is 160 Å². The van der Waals surface area contributed by atoms with Crippen molar-refractivity contribution >= 4 is 33.4 Å². The van der Waals surface area contributed by atoms with E-state index < -0.39 is 0 Å². The minimum atomic E-state index is -0.199. The van der Waals surface area contributed by atoms with Gasteiger partial charge in [0, 0.05) is 46.8 Å². The Morgan fingerprint density at radius 3 is 2.42 bits per heavy atom. The van der Waals surface area contributed by atoms with Gasteiger partial charge in [-0.2, -0.15) is 0 Å². The fraction of sp³-hybridized carbons (Fsp3) is 0.100. The first kappa shape index (κ1) is 17.9. The molecular formula is C20H18BrN3O2. The summed E-state index contributed by atoms with van der Waals surface area (Å²) in [5.74, 6) is -0.343. The number of carbonyl (C=O) groups excluding carboxylic acids is 2. The lowest BCUT2D eigenvalue weighted by Crippen LogP contribution is -2.27. The quantitative estimate of drug-likeness (QED) is 0.643. The number of aromatic nitrogens is 1. The van der Waals surface area contributed by atoms with E-state index in [2.05, 4.69) is 26.6 Å². The SMILES string of the molecule is O=C(CCNC(=O)c1cccc(-n2cccc2)c1)Nc1ccc(Br)cc1. The molecule has 132 valence electrons.